The average molecular weight is 453 g/mol. The van der Waals surface area contributed by atoms with Gasteiger partial charge in [-0.1, -0.05) is 60.1 Å². The molecule has 4 rings (SSSR count). The second kappa shape index (κ2) is 11.1. The molecule has 8 nitrogen and oxygen atoms in total. The normalized spacial score (nSPS) is 13.2. The average Bonchev–Trinajstić information content (AvgIpc) is 2.83. The van der Waals surface area contributed by atoms with Crippen molar-refractivity contribution in [2.24, 2.45) is 5.10 Å². The second-order valence-electron chi connectivity index (χ2n) is 7.08. The van der Waals surface area contributed by atoms with Crippen molar-refractivity contribution in [1.82, 2.24) is 20.5 Å². The van der Waals surface area contributed by atoms with Crippen molar-refractivity contribution in [3.8, 4) is 11.1 Å². The molecule has 2 heterocycles. The van der Waals surface area contributed by atoms with E-state index in [-0.39, 0.29) is 17.5 Å². The van der Waals surface area contributed by atoms with E-state index in [0.29, 0.717) is 25.3 Å². The molecule has 1 fully saturated rings. The Balaban J connectivity index is 0.000000668. The number of aromatic nitrogens is 2. The summed E-state index contributed by atoms with van der Waals surface area (Å²) in [5.74, 6) is -0.00675. The highest BCUT2D eigenvalue weighted by Gasteiger charge is 2.26. The Hall–Kier alpha value is -3.65. The van der Waals surface area contributed by atoms with Crippen molar-refractivity contribution < 1.29 is 4.79 Å². The van der Waals surface area contributed by atoms with Gasteiger partial charge in [0.25, 0.3) is 5.56 Å². The Morgan fingerprint density at radius 1 is 1.12 bits per heavy atom. The summed E-state index contributed by atoms with van der Waals surface area (Å²) >= 11 is 6.07. The Labute approximate surface area is 191 Å². The number of piperazine rings is 1. The first kappa shape index (κ1) is 23.0. The number of H-pyrrole nitrogens is 1. The first-order valence-corrected chi connectivity index (χ1v) is 10.4. The lowest BCUT2D eigenvalue weighted by molar-refractivity contribution is -0.131. The minimum Gasteiger partial charge on any atom is -0.358 e. The lowest BCUT2D eigenvalue weighted by Crippen LogP contribution is -2.50. The summed E-state index contributed by atoms with van der Waals surface area (Å²) in [6.45, 7) is 4.98. The summed E-state index contributed by atoms with van der Waals surface area (Å²) in [5.41, 5.74) is 5.85. The van der Waals surface area contributed by atoms with Crippen LogP contribution in [0.5, 0.6) is 0 Å². The molecule has 0 unspecified atom stereocenters. The van der Waals surface area contributed by atoms with Gasteiger partial charge < -0.3 is 15.2 Å². The number of benzene rings is 2. The van der Waals surface area contributed by atoms with Gasteiger partial charge in [-0.25, -0.2) is 5.10 Å². The maximum Gasteiger partial charge on any atom is 0.285 e. The van der Waals surface area contributed by atoms with E-state index in [1.807, 2.05) is 35.2 Å². The van der Waals surface area contributed by atoms with E-state index < -0.39 is 5.56 Å². The molecular weight excluding hydrogens is 428 g/mol. The van der Waals surface area contributed by atoms with Crippen molar-refractivity contribution in [3.05, 3.63) is 81.7 Å². The number of hydrogen-bond donors (Lipinski definition) is 2. The number of amides is 1. The smallest absolute Gasteiger partial charge is 0.285 e. The van der Waals surface area contributed by atoms with Crippen LogP contribution >= 0.6 is 11.6 Å². The van der Waals surface area contributed by atoms with Gasteiger partial charge in [0.1, 0.15) is 5.02 Å². The number of halogens is 1. The molecule has 0 bridgehead atoms. The Bertz CT molecular complexity index is 1120. The molecule has 2 N–H and O–H groups in total. The SMILES string of the molecule is C=NNC.O=C1CN(c2cn[nH]c(=O)c2Cl)CCN1Cc1cccc(-c2ccccc2)c1. The first-order chi connectivity index (χ1) is 15.5. The Morgan fingerprint density at radius 2 is 1.84 bits per heavy atom. The molecule has 3 aromatic rings. The molecule has 1 aromatic heterocycles. The van der Waals surface area contributed by atoms with E-state index in [9.17, 15) is 9.59 Å². The van der Waals surface area contributed by atoms with Gasteiger partial charge in [-0.2, -0.15) is 10.2 Å². The maximum absolute atomic E-state index is 12.7. The summed E-state index contributed by atoms with van der Waals surface area (Å²) in [6.07, 6.45) is 1.48. The van der Waals surface area contributed by atoms with E-state index in [1.165, 1.54) is 6.20 Å². The molecule has 0 radical (unpaired) electrons. The third-order valence-electron chi connectivity index (χ3n) is 5.00. The fourth-order valence-corrected chi connectivity index (χ4v) is 3.59. The van der Waals surface area contributed by atoms with E-state index in [2.05, 4.69) is 51.7 Å². The Kier molecular flexibility index (Phi) is 7.99. The zero-order valence-corrected chi connectivity index (χ0v) is 18.5. The molecule has 1 amide bonds. The zero-order chi connectivity index (χ0) is 22.9. The van der Waals surface area contributed by atoms with Crippen LogP contribution in [0.2, 0.25) is 5.02 Å². The van der Waals surface area contributed by atoms with Gasteiger partial charge in [-0.05, 0) is 22.8 Å². The second-order valence-corrected chi connectivity index (χ2v) is 7.46. The molecule has 1 aliphatic heterocycles. The number of hydrazone groups is 1. The van der Waals surface area contributed by atoms with Gasteiger partial charge in [0, 0.05) is 33.4 Å². The fourth-order valence-electron chi connectivity index (χ4n) is 3.38. The minimum atomic E-state index is -0.452. The van der Waals surface area contributed by atoms with Gasteiger partial charge in [0.05, 0.1) is 18.4 Å². The highest BCUT2D eigenvalue weighted by atomic mass is 35.5. The number of hydrogen-bond acceptors (Lipinski definition) is 6. The lowest BCUT2D eigenvalue weighted by Gasteiger charge is -2.35. The Morgan fingerprint density at radius 3 is 2.53 bits per heavy atom. The van der Waals surface area contributed by atoms with Gasteiger partial charge in [0.15, 0.2) is 0 Å². The number of anilines is 1. The highest BCUT2D eigenvalue weighted by Crippen LogP contribution is 2.24. The largest absolute Gasteiger partial charge is 0.358 e. The molecule has 32 heavy (non-hydrogen) atoms. The molecule has 0 atom stereocenters. The van der Waals surface area contributed by atoms with Crippen LogP contribution in [0.15, 0.2) is 70.7 Å². The summed E-state index contributed by atoms with van der Waals surface area (Å²) < 4.78 is 0. The molecule has 9 heteroatoms. The number of carbonyl (C=O) groups is 1. The van der Waals surface area contributed by atoms with Crippen LogP contribution < -0.4 is 15.9 Å². The molecule has 0 saturated carbocycles. The number of aromatic amines is 1. The number of nitrogens with zero attached hydrogens (tertiary/aromatic N) is 4. The molecular formula is C23H25ClN6O2. The van der Waals surface area contributed by atoms with Crippen molar-refractivity contribution in [3.63, 3.8) is 0 Å². The fraction of sp³-hybridized carbons (Fsp3) is 0.217. The predicted molar refractivity (Wildman–Crippen MR) is 128 cm³/mol. The van der Waals surface area contributed by atoms with Crippen LogP contribution in [0.1, 0.15) is 5.56 Å². The lowest BCUT2D eigenvalue weighted by atomic mass is 10.0. The monoisotopic (exact) mass is 452 g/mol. The molecule has 1 aliphatic rings. The van der Waals surface area contributed by atoms with E-state index >= 15 is 0 Å². The topological polar surface area (TPSA) is 93.7 Å². The third kappa shape index (κ3) is 5.73. The van der Waals surface area contributed by atoms with E-state index in [1.54, 1.807) is 11.9 Å². The number of carbonyl (C=O) groups excluding carboxylic acids is 1. The van der Waals surface area contributed by atoms with Crippen molar-refractivity contribution in [2.45, 2.75) is 6.54 Å². The van der Waals surface area contributed by atoms with Crippen LogP contribution in [-0.4, -0.2) is 54.4 Å². The predicted octanol–water partition coefficient (Wildman–Crippen LogP) is 2.76. The van der Waals surface area contributed by atoms with E-state index in [0.717, 1.165) is 16.7 Å². The quantitative estimate of drug-likeness (QED) is 0.458. The molecule has 166 valence electrons. The van der Waals surface area contributed by atoms with Crippen molar-refractivity contribution in [2.75, 3.05) is 31.6 Å². The number of rotatable bonds is 5. The summed E-state index contributed by atoms with van der Waals surface area (Å²) in [4.78, 5) is 27.9. The van der Waals surface area contributed by atoms with Gasteiger partial charge >= 0.3 is 0 Å². The van der Waals surface area contributed by atoms with Crippen molar-refractivity contribution >= 4 is 29.9 Å². The molecule has 0 aliphatic carbocycles. The minimum absolute atomic E-state index is 0.00675. The van der Waals surface area contributed by atoms with Crippen LogP contribution in [-0.2, 0) is 11.3 Å². The van der Waals surface area contributed by atoms with Gasteiger partial charge in [0.2, 0.25) is 5.91 Å². The highest BCUT2D eigenvalue weighted by molar-refractivity contribution is 6.33. The molecule has 1 saturated heterocycles. The summed E-state index contributed by atoms with van der Waals surface area (Å²) in [7, 11) is 1.70. The summed E-state index contributed by atoms with van der Waals surface area (Å²) in [5, 5.41) is 9.37. The maximum atomic E-state index is 12.7. The van der Waals surface area contributed by atoms with Gasteiger partial charge in [-0.15, -0.1) is 0 Å². The number of nitrogens with one attached hydrogen (secondary N) is 2. The van der Waals surface area contributed by atoms with E-state index in [4.69, 9.17) is 11.6 Å². The van der Waals surface area contributed by atoms with Crippen LogP contribution in [0, 0.1) is 0 Å². The van der Waals surface area contributed by atoms with Crippen LogP contribution in [0.4, 0.5) is 5.69 Å². The van der Waals surface area contributed by atoms with Crippen molar-refractivity contribution in [1.29, 1.82) is 0 Å². The van der Waals surface area contributed by atoms with Gasteiger partial charge in [-0.3, -0.25) is 9.59 Å². The molecule has 2 aromatic carbocycles. The third-order valence-corrected chi connectivity index (χ3v) is 5.37. The molecule has 0 spiro atoms. The zero-order valence-electron chi connectivity index (χ0n) is 17.8. The van der Waals surface area contributed by atoms with Crippen LogP contribution in [0.3, 0.4) is 0 Å². The standard InChI is InChI=1S/C21H19ClN4O2.C2H6N2/c22-20-18(12-23-24-21(20)28)25-9-10-26(19(27)14-25)13-15-5-4-8-17(11-15)16-6-2-1-3-7-16;1-3-4-2/h1-8,11-12H,9-10,13-14H2,(H,24,28);4H,1H2,2H3. The first-order valence-electron chi connectivity index (χ1n) is 10.1. The summed E-state index contributed by atoms with van der Waals surface area (Å²) in [6, 6.07) is 18.4. The van der Waals surface area contributed by atoms with Crippen LogP contribution in [0.25, 0.3) is 11.1 Å².